The van der Waals surface area contributed by atoms with E-state index in [0.29, 0.717) is 0 Å². The van der Waals surface area contributed by atoms with Crippen LogP contribution in [-0.4, -0.2) is 11.0 Å². The van der Waals surface area contributed by atoms with Crippen LogP contribution in [0.4, 0.5) is 0 Å². The zero-order valence-electron chi connectivity index (χ0n) is 9.84. The summed E-state index contributed by atoms with van der Waals surface area (Å²) in [7, 11) is 4.14. The molecule has 1 heterocycles. The van der Waals surface area contributed by atoms with E-state index >= 15 is 0 Å². The first kappa shape index (κ1) is 14.4. The van der Waals surface area contributed by atoms with Crippen LogP contribution in [0, 0.1) is 0 Å². The fraction of sp³-hybridized carbons (Fsp3) is 0.833. The maximum Gasteiger partial charge on any atom is 0.0159 e. The molecule has 1 saturated heterocycles. The van der Waals surface area contributed by atoms with Crippen molar-refractivity contribution >= 4 is 21.6 Å². The maximum atomic E-state index is 3.92. The van der Waals surface area contributed by atoms with Gasteiger partial charge in [-0.1, -0.05) is 47.4 Å². The number of rotatable bonds is 5. The van der Waals surface area contributed by atoms with Crippen LogP contribution in [0.1, 0.15) is 52.9 Å². The van der Waals surface area contributed by atoms with Crippen molar-refractivity contribution in [1.29, 1.82) is 0 Å². The monoisotopic (exact) mass is 232 g/mol. The molecule has 1 atom stereocenters. The van der Waals surface area contributed by atoms with Crippen LogP contribution in [-0.2, 0) is 0 Å². The summed E-state index contributed by atoms with van der Waals surface area (Å²) in [5.74, 6) is 1.37. The smallest absolute Gasteiger partial charge is 0.0159 e. The van der Waals surface area contributed by atoms with Crippen LogP contribution in [0.15, 0.2) is 12.2 Å². The van der Waals surface area contributed by atoms with Gasteiger partial charge in [0.05, 0.1) is 0 Å². The van der Waals surface area contributed by atoms with Gasteiger partial charge in [-0.2, -0.15) is 0 Å². The first-order chi connectivity index (χ1) is 6.79. The van der Waals surface area contributed by atoms with Crippen molar-refractivity contribution in [3.63, 3.8) is 0 Å². The molecule has 0 saturated carbocycles. The van der Waals surface area contributed by atoms with E-state index in [0.717, 1.165) is 5.25 Å². The van der Waals surface area contributed by atoms with Crippen molar-refractivity contribution in [3.05, 3.63) is 12.2 Å². The third-order valence-corrected chi connectivity index (χ3v) is 5.11. The second-order valence-electron chi connectivity index (χ2n) is 3.53. The maximum absolute atomic E-state index is 3.92. The predicted octanol–water partition coefficient (Wildman–Crippen LogP) is 5.30. The van der Waals surface area contributed by atoms with Crippen LogP contribution in [0.25, 0.3) is 0 Å². The summed E-state index contributed by atoms with van der Waals surface area (Å²) in [5.41, 5.74) is 1.34. The highest BCUT2D eigenvalue weighted by Crippen LogP contribution is 2.39. The van der Waals surface area contributed by atoms with Gasteiger partial charge in [-0.25, -0.2) is 0 Å². The summed E-state index contributed by atoms with van der Waals surface area (Å²) in [5, 5.41) is 0.958. The second kappa shape index (κ2) is 9.97. The molecule has 1 rings (SSSR count). The average Bonchev–Trinajstić information content (AvgIpc) is 2.68. The van der Waals surface area contributed by atoms with Gasteiger partial charge in [-0.05, 0) is 32.6 Å². The van der Waals surface area contributed by atoms with Crippen LogP contribution in [0.2, 0.25) is 0 Å². The highest BCUT2D eigenvalue weighted by atomic mass is 33.1. The van der Waals surface area contributed by atoms with Gasteiger partial charge in [-0.15, -0.1) is 6.58 Å². The Balaban J connectivity index is 0.000000791. The lowest BCUT2D eigenvalue weighted by molar-refractivity contribution is 0.649. The van der Waals surface area contributed by atoms with Crippen LogP contribution in [0.5, 0.6) is 0 Å². The zero-order valence-corrected chi connectivity index (χ0v) is 11.5. The van der Waals surface area contributed by atoms with Crippen molar-refractivity contribution in [2.75, 3.05) is 5.75 Å². The number of unbranched alkanes of at least 4 members (excludes halogenated alkanes) is 1. The average molecular weight is 232 g/mol. The minimum atomic E-state index is 0.958. The van der Waals surface area contributed by atoms with Crippen LogP contribution >= 0.6 is 21.6 Å². The van der Waals surface area contributed by atoms with Crippen LogP contribution in [0.3, 0.4) is 0 Å². The van der Waals surface area contributed by atoms with Gasteiger partial charge in [0.25, 0.3) is 0 Å². The molecule has 0 amide bonds. The van der Waals surface area contributed by atoms with E-state index in [4.69, 9.17) is 0 Å². The molecule has 1 unspecified atom stereocenters. The molecule has 0 radical (unpaired) electrons. The Hall–Kier alpha value is 0.440. The van der Waals surface area contributed by atoms with Crippen molar-refractivity contribution in [1.82, 2.24) is 0 Å². The Morgan fingerprint density at radius 2 is 2.07 bits per heavy atom. The van der Waals surface area contributed by atoms with E-state index in [1.54, 1.807) is 0 Å². The third kappa shape index (κ3) is 7.81. The molecule has 0 aromatic rings. The normalized spacial score (nSPS) is 20.1. The summed E-state index contributed by atoms with van der Waals surface area (Å²) >= 11 is 0. The first-order valence-corrected chi connectivity index (χ1v) is 8.10. The Kier molecular flexibility index (Phi) is 10.3. The summed E-state index contributed by atoms with van der Waals surface area (Å²) in [4.78, 5) is 0. The van der Waals surface area contributed by atoms with Crippen molar-refractivity contribution in [2.45, 2.75) is 58.1 Å². The Bertz CT molecular complexity index is 137. The molecule has 0 spiro atoms. The molecule has 2 heteroatoms. The topological polar surface area (TPSA) is 0 Å². The molecular formula is C12H24S2. The van der Waals surface area contributed by atoms with Gasteiger partial charge in [0.2, 0.25) is 0 Å². The molecule has 1 aliphatic rings. The lowest BCUT2D eigenvalue weighted by atomic mass is 10.1. The molecule has 0 nitrogen and oxygen atoms in total. The Labute approximate surface area is 97.7 Å². The standard InChI is InChI=1S/C10H18S2.C2H6/c1-9(2)5-3-4-6-10-7-8-11-12-10;1-2/h10H,1,3-8H2,2H3;1-2H3. The largest absolute Gasteiger partial charge is 0.100 e. The minimum absolute atomic E-state index is 0.958. The summed E-state index contributed by atoms with van der Waals surface area (Å²) in [6.07, 6.45) is 6.82. The number of hydrogen-bond acceptors (Lipinski definition) is 2. The molecular weight excluding hydrogens is 208 g/mol. The number of allylic oxidation sites excluding steroid dienone is 1. The molecule has 0 aliphatic carbocycles. The van der Waals surface area contributed by atoms with E-state index in [1.165, 1.54) is 43.4 Å². The Morgan fingerprint density at radius 3 is 2.57 bits per heavy atom. The van der Waals surface area contributed by atoms with Gasteiger partial charge < -0.3 is 0 Å². The Morgan fingerprint density at radius 1 is 1.36 bits per heavy atom. The van der Waals surface area contributed by atoms with Gasteiger partial charge in [0, 0.05) is 11.0 Å². The molecule has 14 heavy (non-hydrogen) atoms. The van der Waals surface area contributed by atoms with E-state index in [2.05, 4.69) is 24.3 Å². The fourth-order valence-electron chi connectivity index (χ4n) is 1.36. The molecule has 1 fully saturated rings. The van der Waals surface area contributed by atoms with E-state index in [9.17, 15) is 0 Å². The summed E-state index contributed by atoms with van der Waals surface area (Å²) in [6.45, 7) is 10.0. The molecule has 0 aromatic carbocycles. The van der Waals surface area contributed by atoms with E-state index in [1.807, 2.05) is 24.6 Å². The molecule has 1 aliphatic heterocycles. The molecule has 0 N–H and O–H groups in total. The highest BCUT2D eigenvalue weighted by Gasteiger charge is 2.15. The van der Waals surface area contributed by atoms with Crippen molar-refractivity contribution in [2.24, 2.45) is 0 Å². The first-order valence-electron chi connectivity index (χ1n) is 5.71. The van der Waals surface area contributed by atoms with E-state index < -0.39 is 0 Å². The lowest BCUT2D eigenvalue weighted by Crippen LogP contribution is -1.96. The molecule has 84 valence electrons. The highest BCUT2D eigenvalue weighted by molar-refractivity contribution is 8.77. The second-order valence-corrected chi connectivity index (χ2v) is 6.32. The van der Waals surface area contributed by atoms with Gasteiger partial charge in [0.15, 0.2) is 0 Å². The van der Waals surface area contributed by atoms with Gasteiger partial charge in [-0.3, -0.25) is 0 Å². The van der Waals surface area contributed by atoms with Crippen molar-refractivity contribution < 1.29 is 0 Å². The molecule has 0 bridgehead atoms. The summed E-state index contributed by atoms with van der Waals surface area (Å²) < 4.78 is 0. The predicted molar refractivity (Wildman–Crippen MR) is 73.1 cm³/mol. The van der Waals surface area contributed by atoms with Crippen LogP contribution < -0.4 is 0 Å². The quantitative estimate of drug-likeness (QED) is 0.358. The lowest BCUT2D eigenvalue weighted by Gasteiger charge is -2.06. The SMILES string of the molecule is C=C(C)CCCCC1CCSS1.CC. The zero-order chi connectivity index (χ0) is 10.8. The summed E-state index contributed by atoms with van der Waals surface area (Å²) in [6, 6.07) is 0. The fourth-order valence-corrected chi connectivity index (χ4v) is 4.39. The van der Waals surface area contributed by atoms with Gasteiger partial charge >= 0.3 is 0 Å². The minimum Gasteiger partial charge on any atom is -0.100 e. The third-order valence-electron chi connectivity index (χ3n) is 2.11. The van der Waals surface area contributed by atoms with E-state index in [-0.39, 0.29) is 0 Å². The number of hydrogen-bond donors (Lipinski definition) is 0. The van der Waals surface area contributed by atoms with Gasteiger partial charge in [0.1, 0.15) is 0 Å². The molecule has 0 aromatic heterocycles. The van der Waals surface area contributed by atoms with Crippen molar-refractivity contribution in [3.8, 4) is 0 Å².